The van der Waals surface area contributed by atoms with Gasteiger partial charge in [-0.1, -0.05) is 41.4 Å². The van der Waals surface area contributed by atoms with Crippen LogP contribution in [0.5, 0.6) is 17.2 Å². The Balaban J connectivity index is 1.67. The molecule has 2 aliphatic heterocycles. The quantitative estimate of drug-likeness (QED) is 0.326. The topological polar surface area (TPSA) is 57.9 Å². The van der Waals surface area contributed by atoms with Crippen LogP contribution in [0.15, 0.2) is 69.9 Å². The molecule has 0 aliphatic carbocycles. The largest absolute Gasteiger partial charge is 0.497 e. The maximum Gasteiger partial charge on any atom is 0.343 e. The Bertz CT molecular complexity index is 1440. The van der Waals surface area contributed by atoms with Gasteiger partial charge in [0.25, 0.3) is 5.79 Å². The highest BCUT2D eigenvalue weighted by Crippen LogP contribution is 2.55. The van der Waals surface area contributed by atoms with Gasteiger partial charge in [0, 0.05) is 28.5 Å². The minimum absolute atomic E-state index is 0.234. The molecule has 5 nitrogen and oxygen atoms in total. The van der Waals surface area contributed by atoms with E-state index < -0.39 is 11.4 Å². The van der Waals surface area contributed by atoms with E-state index in [2.05, 4.69) is 0 Å². The van der Waals surface area contributed by atoms with Gasteiger partial charge in [-0.2, -0.15) is 0 Å². The third kappa shape index (κ3) is 2.74. The van der Waals surface area contributed by atoms with E-state index in [1.165, 1.54) is 6.07 Å². The molecule has 160 valence electrons. The minimum atomic E-state index is -1.15. The molecule has 0 spiro atoms. The highest BCUT2D eigenvalue weighted by molar-refractivity contribution is 6.38. The third-order valence-electron chi connectivity index (χ3n) is 6.10. The fraction of sp³-hybridized carbons (Fsp3) is 0.160. The minimum Gasteiger partial charge on any atom is -0.497 e. The van der Waals surface area contributed by atoms with Crippen LogP contribution in [0.1, 0.15) is 29.0 Å². The van der Waals surface area contributed by atoms with Crippen molar-refractivity contribution < 1.29 is 18.6 Å². The van der Waals surface area contributed by atoms with E-state index in [1.807, 2.05) is 48.5 Å². The fourth-order valence-electron chi connectivity index (χ4n) is 4.65. The second-order valence-electron chi connectivity index (χ2n) is 7.88. The predicted molar refractivity (Wildman–Crippen MR) is 121 cm³/mol. The van der Waals surface area contributed by atoms with Gasteiger partial charge in [0.05, 0.1) is 23.1 Å². The lowest BCUT2D eigenvalue weighted by molar-refractivity contribution is -0.148. The van der Waals surface area contributed by atoms with Gasteiger partial charge < -0.3 is 18.6 Å². The van der Waals surface area contributed by atoms with E-state index in [0.29, 0.717) is 33.9 Å². The zero-order chi connectivity index (χ0) is 22.0. The molecule has 0 fully saturated rings. The van der Waals surface area contributed by atoms with Crippen LogP contribution in [-0.2, 0) is 5.79 Å². The molecular formula is C25H16Cl2O5. The van der Waals surface area contributed by atoms with Crippen molar-refractivity contribution in [1.82, 2.24) is 0 Å². The number of hydrogen-bond donors (Lipinski definition) is 0. The van der Waals surface area contributed by atoms with Crippen molar-refractivity contribution in [3.63, 3.8) is 0 Å². The number of benzene rings is 3. The first-order valence-corrected chi connectivity index (χ1v) is 10.8. The number of ether oxygens (including phenoxy) is 3. The molecule has 2 aliphatic rings. The number of fused-ring (bicyclic) bond motifs is 8. The lowest BCUT2D eigenvalue weighted by atomic mass is 9.78. The van der Waals surface area contributed by atoms with Crippen LogP contribution < -0.4 is 19.8 Å². The summed E-state index contributed by atoms with van der Waals surface area (Å²) in [5, 5.41) is 1.19. The molecule has 2 unspecified atom stereocenters. The molecule has 2 atom stereocenters. The summed E-state index contributed by atoms with van der Waals surface area (Å²) in [4.78, 5) is 13.2. The second kappa shape index (κ2) is 6.92. The van der Waals surface area contributed by atoms with Crippen LogP contribution in [0.25, 0.3) is 11.0 Å². The van der Waals surface area contributed by atoms with Gasteiger partial charge >= 0.3 is 5.63 Å². The summed E-state index contributed by atoms with van der Waals surface area (Å²) in [6.07, 6.45) is 0.411. The fourth-order valence-corrected chi connectivity index (χ4v) is 5.19. The SMILES string of the molecule is COc1ccc(C23CC(c4ccccc4O2)c2c(c4cc(Cl)cc(Cl)c4oc2=O)O3)cc1. The third-order valence-corrected chi connectivity index (χ3v) is 6.60. The summed E-state index contributed by atoms with van der Waals surface area (Å²) in [5.41, 5.74) is 1.90. The lowest BCUT2D eigenvalue weighted by Crippen LogP contribution is -2.48. The molecule has 0 radical (unpaired) electrons. The summed E-state index contributed by atoms with van der Waals surface area (Å²) < 4.78 is 24.0. The Morgan fingerprint density at radius 1 is 1.03 bits per heavy atom. The standard InChI is InChI=1S/C25H16Cl2O5/c1-29-15-8-6-13(7-9-15)25-12-18(16-4-2-3-5-20(16)31-25)21-23(32-25)17-10-14(26)11-19(27)22(17)30-24(21)28/h2-11,18H,12H2,1H3. The number of hydrogen-bond acceptors (Lipinski definition) is 5. The number of para-hydroxylation sites is 1. The van der Waals surface area contributed by atoms with Crippen LogP contribution in [-0.4, -0.2) is 7.11 Å². The van der Waals surface area contributed by atoms with Crippen LogP contribution in [0.4, 0.5) is 0 Å². The Kier molecular flexibility index (Phi) is 4.23. The van der Waals surface area contributed by atoms with Crippen molar-refractivity contribution in [1.29, 1.82) is 0 Å². The molecule has 7 heteroatoms. The van der Waals surface area contributed by atoms with Gasteiger partial charge in [-0.15, -0.1) is 0 Å². The van der Waals surface area contributed by atoms with Gasteiger partial charge in [-0.25, -0.2) is 4.79 Å². The summed E-state index contributed by atoms with van der Waals surface area (Å²) >= 11 is 12.6. The summed E-state index contributed by atoms with van der Waals surface area (Å²) in [6, 6.07) is 18.4. The lowest BCUT2D eigenvalue weighted by Gasteiger charge is -2.46. The smallest absolute Gasteiger partial charge is 0.343 e. The van der Waals surface area contributed by atoms with Crippen molar-refractivity contribution in [2.24, 2.45) is 0 Å². The Hall–Kier alpha value is -3.15. The van der Waals surface area contributed by atoms with E-state index in [-0.39, 0.29) is 16.5 Å². The Labute approximate surface area is 193 Å². The zero-order valence-electron chi connectivity index (χ0n) is 16.9. The molecule has 2 bridgehead atoms. The van der Waals surface area contributed by atoms with Crippen molar-refractivity contribution in [3.05, 3.63) is 97.8 Å². The number of halogens is 2. The maximum atomic E-state index is 13.2. The molecule has 0 amide bonds. The molecular weight excluding hydrogens is 451 g/mol. The average molecular weight is 467 g/mol. The first-order chi connectivity index (χ1) is 15.5. The molecule has 4 aromatic rings. The molecule has 3 heterocycles. The van der Waals surface area contributed by atoms with Crippen molar-refractivity contribution in [3.8, 4) is 17.2 Å². The normalized spacial score (nSPS) is 20.7. The molecule has 0 saturated heterocycles. The first kappa shape index (κ1) is 19.5. The monoisotopic (exact) mass is 466 g/mol. The van der Waals surface area contributed by atoms with Gasteiger partial charge in [-0.05, 0) is 42.5 Å². The Morgan fingerprint density at radius 3 is 2.59 bits per heavy atom. The van der Waals surface area contributed by atoms with Crippen molar-refractivity contribution in [2.45, 2.75) is 18.1 Å². The highest BCUT2D eigenvalue weighted by atomic mass is 35.5. The second-order valence-corrected chi connectivity index (χ2v) is 8.72. The van der Waals surface area contributed by atoms with E-state index in [1.54, 1.807) is 13.2 Å². The first-order valence-electron chi connectivity index (χ1n) is 10.1. The molecule has 32 heavy (non-hydrogen) atoms. The van der Waals surface area contributed by atoms with Gasteiger partial charge in [-0.3, -0.25) is 0 Å². The van der Waals surface area contributed by atoms with Crippen LogP contribution >= 0.6 is 23.2 Å². The number of methoxy groups -OCH3 is 1. The van der Waals surface area contributed by atoms with Crippen LogP contribution in [0, 0.1) is 0 Å². The average Bonchev–Trinajstić information content (AvgIpc) is 2.80. The van der Waals surface area contributed by atoms with Gasteiger partial charge in [0.15, 0.2) is 5.58 Å². The number of rotatable bonds is 2. The van der Waals surface area contributed by atoms with E-state index in [4.69, 9.17) is 41.8 Å². The maximum absolute atomic E-state index is 13.2. The highest BCUT2D eigenvalue weighted by Gasteiger charge is 2.51. The van der Waals surface area contributed by atoms with Crippen LogP contribution in [0.3, 0.4) is 0 Å². The van der Waals surface area contributed by atoms with Gasteiger partial charge in [0.1, 0.15) is 17.2 Å². The summed E-state index contributed by atoms with van der Waals surface area (Å²) in [6.45, 7) is 0. The molecule has 0 saturated carbocycles. The predicted octanol–water partition coefficient (Wildman–Crippen LogP) is 6.27. The zero-order valence-corrected chi connectivity index (χ0v) is 18.4. The molecule has 6 rings (SSSR count). The van der Waals surface area contributed by atoms with E-state index in [0.717, 1.165) is 16.9 Å². The van der Waals surface area contributed by atoms with Crippen molar-refractivity contribution >= 4 is 34.2 Å². The molecule has 1 aromatic heterocycles. The molecule has 3 aromatic carbocycles. The summed E-state index contributed by atoms with van der Waals surface area (Å²) in [5.74, 6) is 0.326. The Morgan fingerprint density at radius 2 is 1.81 bits per heavy atom. The summed E-state index contributed by atoms with van der Waals surface area (Å²) in [7, 11) is 1.61. The van der Waals surface area contributed by atoms with Crippen LogP contribution in [0.2, 0.25) is 10.0 Å². The van der Waals surface area contributed by atoms with E-state index in [9.17, 15) is 4.79 Å². The molecule has 0 N–H and O–H groups in total. The van der Waals surface area contributed by atoms with E-state index >= 15 is 0 Å². The van der Waals surface area contributed by atoms with Crippen molar-refractivity contribution in [2.75, 3.05) is 7.11 Å². The van der Waals surface area contributed by atoms with Gasteiger partial charge in [0.2, 0.25) is 0 Å².